The molecule has 192 valence electrons. The lowest BCUT2D eigenvalue weighted by Gasteiger charge is -2.11. The lowest BCUT2D eigenvalue weighted by molar-refractivity contribution is -0.142. The van der Waals surface area contributed by atoms with Crippen LogP contribution in [0.5, 0.6) is 5.75 Å². The van der Waals surface area contributed by atoms with Gasteiger partial charge in [0.05, 0.1) is 13.7 Å². The number of anilines is 2. The van der Waals surface area contributed by atoms with Crippen LogP contribution in [0.3, 0.4) is 0 Å². The van der Waals surface area contributed by atoms with Crippen LogP contribution in [0.25, 0.3) is 0 Å². The molecule has 14 heteroatoms. The summed E-state index contributed by atoms with van der Waals surface area (Å²) in [5.41, 5.74) is 23.5. The Labute approximate surface area is 214 Å². The molecule has 0 aliphatic heterocycles. The Morgan fingerprint density at radius 2 is 1.83 bits per heavy atom. The van der Waals surface area contributed by atoms with Crippen LogP contribution in [0.4, 0.5) is 11.6 Å². The molecule has 1 aromatic heterocycles. The van der Waals surface area contributed by atoms with Crippen molar-refractivity contribution in [3.63, 3.8) is 0 Å². The molecule has 1 amide bonds. The highest BCUT2D eigenvalue weighted by Gasteiger charge is 2.16. The number of nitrogens with two attached hydrogens (primary N) is 4. The van der Waals surface area contributed by atoms with E-state index in [1.165, 1.54) is 7.11 Å². The van der Waals surface area contributed by atoms with Gasteiger partial charge in [0.25, 0.3) is 5.91 Å². The zero-order valence-electron chi connectivity index (χ0n) is 19.2. The number of esters is 1. The minimum Gasteiger partial charge on any atom is -0.494 e. The van der Waals surface area contributed by atoms with Crippen LogP contribution in [-0.4, -0.2) is 54.1 Å². The van der Waals surface area contributed by atoms with E-state index in [1.807, 2.05) is 24.3 Å². The summed E-state index contributed by atoms with van der Waals surface area (Å²) >= 11 is 5.77. The molecule has 0 aliphatic carbocycles. The van der Waals surface area contributed by atoms with Crippen molar-refractivity contribution in [2.75, 3.05) is 31.7 Å². The maximum absolute atomic E-state index is 12.2. The molecule has 0 aliphatic rings. The number of aromatic nitrogens is 2. The number of unbranched alkanes of at least 4 members (excludes halogenated alkanes) is 1. The first-order chi connectivity index (χ1) is 16.2. The van der Waals surface area contributed by atoms with Gasteiger partial charge < -0.3 is 32.4 Å². The Morgan fingerprint density at radius 3 is 2.49 bits per heavy atom. The highest BCUT2D eigenvalue weighted by molar-refractivity contribution is 6.31. The average molecular weight is 529 g/mol. The van der Waals surface area contributed by atoms with Gasteiger partial charge in [0, 0.05) is 13.0 Å². The van der Waals surface area contributed by atoms with Gasteiger partial charge in [-0.1, -0.05) is 23.7 Å². The summed E-state index contributed by atoms with van der Waals surface area (Å²) in [7, 11) is 1.30. The van der Waals surface area contributed by atoms with Gasteiger partial charge in [-0.3, -0.25) is 19.9 Å². The van der Waals surface area contributed by atoms with E-state index in [4.69, 9.17) is 39.3 Å². The standard InChI is InChI=1S/C21H29ClN8O4.ClH/c1-33-20(32)14(23)9-11-34-13-7-5-12(6-8-13)4-2-3-10-27-21(26)30-19(31)15-17(24)29-18(25)16(22)28-15;/h5-8,14H,2-4,9-11,23H2,1H3,(H4,24,25,29)(H3,26,27,30,31);1H. The summed E-state index contributed by atoms with van der Waals surface area (Å²) in [6.45, 7) is 0.744. The van der Waals surface area contributed by atoms with Gasteiger partial charge in [-0.05, 0) is 37.0 Å². The predicted molar refractivity (Wildman–Crippen MR) is 137 cm³/mol. The molecular weight excluding hydrogens is 499 g/mol. The number of aliphatic imine (C=N–C) groups is 1. The number of aryl methyl sites for hydroxylation is 1. The lowest BCUT2D eigenvalue weighted by atomic mass is 10.1. The number of nitrogens with zero attached hydrogens (tertiary/aromatic N) is 3. The smallest absolute Gasteiger partial charge is 0.322 e. The third kappa shape index (κ3) is 9.81. The van der Waals surface area contributed by atoms with Crippen LogP contribution < -0.4 is 33.0 Å². The number of halogens is 2. The summed E-state index contributed by atoms with van der Waals surface area (Å²) < 4.78 is 10.2. The normalized spacial score (nSPS) is 11.8. The number of nitrogen functional groups attached to an aromatic ring is 2. The fourth-order valence-corrected chi connectivity index (χ4v) is 2.92. The SMILES string of the molecule is COC(=O)C(N)CCOc1ccc(CCCCN=C(N)NC(=O)c2nc(Cl)c(N)nc2N)cc1.Cl. The fraction of sp³-hybridized carbons (Fsp3) is 0.381. The van der Waals surface area contributed by atoms with Crippen LogP contribution in [-0.2, 0) is 16.0 Å². The largest absolute Gasteiger partial charge is 0.494 e. The van der Waals surface area contributed by atoms with Crippen LogP contribution in [0.2, 0.25) is 5.15 Å². The molecule has 2 aromatic rings. The highest BCUT2D eigenvalue weighted by Crippen LogP contribution is 2.17. The number of amides is 1. The molecule has 12 nitrogen and oxygen atoms in total. The van der Waals surface area contributed by atoms with Gasteiger partial charge >= 0.3 is 5.97 Å². The molecule has 1 atom stereocenters. The zero-order valence-corrected chi connectivity index (χ0v) is 20.8. The molecule has 35 heavy (non-hydrogen) atoms. The van der Waals surface area contributed by atoms with Gasteiger partial charge in [0.2, 0.25) is 0 Å². The first kappa shape index (κ1) is 29.7. The van der Waals surface area contributed by atoms with E-state index in [2.05, 4.69) is 25.0 Å². The van der Waals surface area contributed by atoms with E-state index >= 15 is 0 Å². The summed E-state index contributed by atoms with van der Waals surface area (Å²) in [6.07, 6.45) is 2.83. The number of ether oxygens (including phenoxy) is 2. The number of carbonyl (C=O) groups excluding carboxylic acids is 2. The summed E-state index contributed by atoms with van der Waals surface area (Å²) in [5.74, 6) is -0.733. The van der Waals surface area contributed by atoms with Crippen molar-refractivity contribution in [3.8, 4) is 5.75 Å². The third-order valence-corrected chi connectivity index (χ3v) is 4.92. The van der Waals surface area contributed by atoms with Gasteiger partial charge in [-0.2, -0.15) is 0 Å². The van der Waals surface area contributed by atoms with Gasteiger partial charge in [-0.25, -0.2) is 9.97 Å². The van der Waals surface area contributed by atoms with Crippen molar-refractivity contribution >= 4 is 53.5 Å². The number of hydrogen-bond acceptors (Lipinski definition) is 10. The lowest BCUT2D eigenvalue weighted by Crippen LogP contribution is -2.38. The summed E-state index contributed by atoms with van der Waals surface area (Å²) in [5, 5.41) is 2.26. The van der Waals surface area contributed by atoms with Crippen molar-refractivity contribution in [1.82, 2.24) is 15.3 Å². The molecule has 0 fully saturated rings. The number of hydrogen-bond donors (Lipinski definition) is 5. The van der Waals surface area contributed by atoms with Gasteiger partial charge in [0.1, 0.15) is 11.8 Å². The van der Waals surface area contributed by atoms with Crippen LogP contribution in [0.1, 0.15) is 35.3 Å². The average Bonchev–Trinajstić information content (AvgIpc) is 2.81. The molecule has 1 heterocycles. The second-order valence-corrected chi connectivity index (χ2v) is 7.58. The van der Waals surface area contributed by atoms with E-state index in [-0.39, 0.29) is 40.8 Å². The van der Waals surface area contributed by atoms with E-state index in [9.17, 15) is 9.59 Å². The van der Waals surface area contributed by atoms with Gasteiger partial charge in [-0.15, -0.1) is 12.4 Å². The van der Waals surface area contributed by atoms with Crippen molar-refractivity contribution < 1.29 is 19.1 Å². The summed E-state index contributed by atoms with van der Waals surface area (Å²) in [4.78, 5) is 35.1. The Morgan fingerprint density at radius 1 is 1.14 bits per heavy atom. The molecular formula is C21H30Cl2N8O4. The minimum absolute atomic E-state index is 0. The number of methoxy groups -OCH3 is 1. The van der Waals surface area contributed by atoms with Crippen LogP contribution >= 0.6 is 24.0 Å². The molecule has 0 bridgehead atoms. The number of guanidine groups is 1. The maximum atomic E-state index is 12.2. The van der Waals surface area contributed by atoms with E-state index in [0.29, 0.717) is 25.3 Å². The molecule has 9 N–H and O–H groups in total. The third-order valence-electron chi connectivity index (χ3n) is 4.64. The Hall–Kier alpha value is -3.35. The van der Waals surface area contributed by atoms with Crippen LogP contribution in [0, 0.1) is 0 Å². The monoisotopic (exact) mass is 528 g/mol. The molecule has 0 saturated carbocycles. The Balaban J connectivity index is 0.00000612. The number of carbonyl (C=O) groups is 2. The van der Waals surface area contributed by atoms with Crippen molar-refractivity contribution in [1.29, 1.82) is 0 Å². The zero-order chi connectivity index (χ0) is 25.1. The molecule has 1 aromatic carbocycles. The summed E-state index contributed by atoms with van der Waals surface area (Å²) in [6, 6.07) is 6.97. The molecule has 0 spiro atoms. The second-order valence-electron chi connectivity index (χ2n) is 7.22. The van der Waals surface area contributed by atoms with E-state index in [0.717, 1.165) is 24.8 Å². The van der Waals surface area contributed by atoms with Crippen LogP contribution in [0.15, 0.2) is 29.3 Å². The topological polar surface area (TPSA) is 207 Å². The molecule has 2 rings (SSSR count). The highest BCUT2D eigenvalue weighted by atomic mass is 35.5. The number of nitrogens with one attached hydrogen (secondary N) is 1. The first-order valence-electron chi connectivity index (χ1n) is 10.5. The van der Waals surface area contributed by atoms with E-state index < -0.39 is 17.9 Å². The van der Waals surface area contributed by atoms with Gasteiger partial charge in [0.15, 0.2) is 28.4 Å². The van der Waals surface area contributed by atoms with Crippen molar-refractivity contribution in [3.05, 3.63) is 40.7 Å². The van der Waals surface area contributed by atoms with E-state index in [1.54, 1.807) is 0 Å². The fourth-order valence-electron chi connectivity index (χ4n) is 2.79. The van der Waals surface area contributed by atoms with Crippen molar-refractivity contribution in [2.45, 2.75) is 31.7 Å². The number of benzene rings is 1. The molecule has 1 unspecified atom stereocenters. The second kappa shape index (κ2) is 14.8. The Bertz CT molecular complexity index is 1020. The van der Waals surface area contributed by atoms with Crippen molar-refractivity contribution in [2.24, 2.45) is 16.5 Å². The molecule has 0 saturated heterocycles. The first-order valence-corrected chi connectivity index (χ1v) is 10.8. The Kier molecular flexibility index (Phi) is 12.6. The maximum Gasteiger partial charge on any atom is 0.322 e. The minimum atomic E-state index is -0.697. The predicted octanol–water partition coefficient (Wildman–Crippen LogP) is 1.05. The quantitative estimate of drug-likeness (QED) is 0.121. The number of rotatable bonds is 11. The molecule has 0 radical (unpaired) electrons.